The van der Waals surface area contributed by atoms with Crippen LogP contribution < -0.4 is 0 Å². The van der Waals surface area contributed by atoms with E-state index in [1.54, 1.807) is 6.92 Å². The molecule has 0 radical (unpaired) electrons. The Bertz CT molecular complexity index is 215. The van der Waals surface area contributed by atoms with Crippen molar-refractivity contribution >= 4 is 12.1 Å². The molecule has 0 aliphatic heterocycles. The smallest absolute Gasteiger partial charge is 0.435 e. The highest BCUT2D eigenvalue weighted by atomic mass is 16.8. The predicted molar refractivity (Wildman–Crippen MR) is 42.5 cm³/mol. The zero-order chi connectivity index (χ0) is 10.1. The van der Waals surface area contributed by atoms with Gasteiger partial charge in [-0.3, -0.25) is 4.79 Å². The highest BCUT2D eigenvalue weighted by Crippen LogP contribution is 1.88. The highest BCUT2D eigenvalue weighted by molar-refractivity contribution is 5.72. The van der Waals surface area contributed by atoms with Crippen LogP contribution in [0.15, 0.2) is 0 Å². The number of terminal acetylenes is 1. The summed E-state index contributed by atoms with van der Waals surface area (Å²) in [4.78, 5) is 21.1. The first kappa shape index (κ1) is 11.3. The topological polar surface area (TPSA) is 61.8 Å². The largest absolute Gasteiger partial charge is 0.511 e. The molecular weight excluding hydrogens is 176 g/mol. The molecule has 0 N–H and O–H groups in total. The van der Waals surface area contributed by atoms with Crippen molar-refractivity contribution in [2.45, 2.75) is 13.3 Å². The Hall–Kier alpha value is -1.70. The molecule has 0 aromatic heterocycles. The van der Waals surface area contributed by atoms with Gasteiger partial charge in [-0.05, 0) is 6.92 Å². The van der Waals surface area contributed by atoms with Crippen molar-refractivity contribution < 1.29 is 23.8 Å². The summed E-state index contributed by atoms with van der Waals surface area (Å²) in [6.07, 6.45) is 3.80. The van der Waals surface area contributed by atoms with Gasteiger partial charge in [-0.1, -0.05) is 5.92 Å². The number of hydrogen-bond acceptors (Lipinski definition) is 5. The molecule has 0 fully saturated rings. The number of hydrogen-bond donors (Lipinski definition) is 0. The maximum atomic E-state index is 10.6. The fourth-order valence-electron chi connectivity index (χ4n) is 0.437. The molecule has 0 saturated carbocycles. The Balaban J connectivity index is 3.40. The first-order valence-electron chi connectivity index (χ1n) is 3.59. The summed E-state index contributed by atoms with van der Waals surface area (Å²) in [6, 6.07) is 0. The summed E-state index contributed by atoms with van der Waals surface area (Å²) in [5.74, 6) is 1.47. The van der Waals surface area contributed by atoms with Gasteiger partial charge in [0.1, 0.15) is 6.42 Å². The minimum absolute atomic E-state index is 0.147. The predicted octanol–water partition coefficient (Wildman–Crippen LogP) is 0.683. The molecule has 13 heavy (non-hydrogen) atoms. The van der Waals surface area contributed by atoms with Crippen molar-refractivity contribution in [3.63, 3.8) is 0 Å². The monoisotopic (exact) mass is 186 g/mol. The van der Waals surface area contributed by atoms with Crippen molar-refractivity contribution in [3.8, 4) is 12.3 Å². The second-order valence-corrected chi connectivity index (χ2v) is 1.84. The molecule has 0 spiro atoms. The molecule has 72 valence electrons. The second-order valence-electron chi connectivity index (χ2n) is 1.84. The van der Waals surface area contributed by atoms with E-state index in [1.807, 2.05) is 0 Å². The average Bonchev–Trinajstić information content (AvgIpc) is 2.05. The van der Waals surface area contributed by atoms with E-state index in [0.717, 1.165) is 0 Å². The maximum Gasteiger partial charge on any atom is 0.511 e. The van der Waals surface area contributed by atoms with Crippen LogP contribution in [0.2, 0.25) is 0 Å². The molecule has 0 bridgehead atoms. The van der Waals surface area contributed by atoms with Gasteiger partial charge in [-0.2, -0.15) is 0 Å². The van der Waals surface area contributed by atoms with E-state index in [-0.39, 0.29) is 13.0 Å². The number of carbonyl (C=O) groups is 2. The summed E-state index contributed by atoms with van der Waals surface area (Å²) in [5, 5.41) is 0. The molecule has 0 aromatic carbocycles. The summed E-state index contributed by atoms with van der Waals surface area (Å²) in [5.41, 5.74) is 0. The van der Waals surface area contributed by atoms with Gasteiger partial charge in [0.25, 0.3) is 0 Å². The third-order valence-electron chi connectivity index (χ3n) is 0.905. The zero-order valence-corrected chi connectivity index (χ0v) is 7.24. The van der Waals surface area contributed by atoms with E-state index in [4.69, 9.17) is 6.42 Å². The van der Waals surface area contributed by atoms with E-state index in [2.05, 4.69) is 20.1 Å². The third-order valence-corrected chi connectivity index (χ3v) is 0.905. The minimum atomic E-state index is -0.879. The molecule has 0 amide bonds. The Morgan fingerprint density at radius 2 is 2.00 bits per heavy atom. The lowest BCUT2D eigenvalue weighted by Gasteiger charge is -2.03. The van der Waals surface area contributed by atoms with Crippen LogP contribution in [0.5, 0.6) is 0 Å². The van der Waals surface area contributed by atoms with Crippen LogP contribution >= 0.6 is 0 Å². The molecule has 0 aliphatic carbocycles. The molecular formula is C8H10O5. The molecule has 0 unspecified atom stereocenters. The molecule has 5 nitrogen and oxygen atoms in total. The van der Waals surface area contributed by atoms with E-state index >= 15 is 0 Å². The quantitative estimate of drug-likeness (QED) is 0.367. The average molecular weight is 186 g/mol. The fourth-order valence-corrected chi connectivity index (χ4v) is 0.437. The lowest BCUT2D eigenvalue weighted by atomic mass is 10.5. The molecule has 0 saturated heterocycles. The summed E-state index contributed by atoms with van der Waals surface area (Å²) in [7, 11) is 0. The highest BCUT2D eigenvalue weighted by Gasteiger charge is 2.04. The number of rotatable bonds is 4. The fraction of sp³-hybridized carbons (Fsp3) is 0.500. The van der Waals surface area contributed by atoms with E-state index < -0.39 is 18.9 Å². The maximum absolute atomic E-state index is 10.6. The van der Waals surface area contributed by atoms with Gasteiger partial charge in [-0.15, -0.1) is 6.42 Å². The summed E-state index contributed by atoms with van der Waals surface area (Å²) >= 11 is 0. The van der Waals surface area contributed by atoms with Gasteiger partial charge in [0.2, 0.25) is 6.79 Å². The zero-order valence-electron chi connectivity index (χ0n) is 7.24. The van der Waals surface area contributed by atoms with Gasteiger partial charge in [-0.25, -0.2) is 4.79 Å². The van der Waals surface area contributed by atoms with Crippen LogP contribution in [-0.2, 0) is 19.0 Å². The van der Waals surface area contributed by atoms with Crippen molar-refractivity contribution in [2.75, 3.05) is 13.4 Å². The molecule has 0 atom stereocenters. The third kappa shape index (κ3) is 6.69. The van der Waals surface area contributed by atoms with E-state index in [1.165, 1.54) is 0 Å². The van der Waals surface area contributed by atoms with Gasteiger partial charge < -0.3 is 14.2 Å². The van der Waals surface area contributed by atoms with Gasteiger partial charge >= 0.3 is 12.1 Å². The Morgan fingerprint density at radius 1 is 1.31 bits per heavy atom. The van der Waals surface area contributed by atoms with Crippen LogP contribution in [0.4, 0.5) is 4.79 Å². The van der Waals surface area contributed by atoms with Crippen molar-refractivity contribution in [3.05, 3.63) is 0 Å². The molecule has 0 aliphatic rings. The van der Waals surface area contributed by atoms with Crippen LogP contribution in [-0.4, -0.2) is 25.5 Å². The molecule has 0 heterocycles. The number of ether oxygens (including phenoxy) is 3. The Kier molecular flexibility index (Phi) is 6.06. The standard InChI is InChI=1S/C8H10O5/c1-3-5-7(9)12-6-13-8(10)11-4-2/h1H,4-6H2,2H3. The van der Waals surface area contributed by atoms with Crippen LogP contribution in [0, 0.1) is 12.3 Å². The minimum Gasteiger partial charge on any atom is -0.435 e. The SMILES string of the molecule is C#CCC(=O)OCOC(=O)OCC. The lowest BCUT2D eigenvalue weighted by Crippen LogP contribution is -2.13. The van der Waals surface area contributed by atoms with E-state index in [0.29, 0.717) is 0 Å². The molecule has 0 aromatic rings. The van der Waals surface area contributed by atoms with Crippen LogP contribution in [0.1, 0.15) is 13.3 Å². The normalized spacial score (nSPS) is 8.31. The Labute approximate surface area is 76.0 Å². The van der Waals surface area contributed by atoms with Crippen LogP contribution in [0.25, 0.3) is 0 Å². The Morgan fingerprint density at radius 3 is 2.54 bits per heavy atom. The first-order valence-corrected chi connectivity index (χ1v) is 3.59. The van der Waals surface area contributed by atoms with Crippen molar-refractivity contribution in [1.82, 2.24) is 0 Å². The lowest BCUT2D eigenvalue weighted by molar-refractivity contribution is -0.151. The first-order chi connectivity index (χ1) is 6.20. The van der Waals surface area contributed by atoms with Gasteiger partial charge in [0, 0.05) is 0 Å². The van der Waals surface area contributed by atoms with Gasteiger partial charge in [0.15, 0.2) is 0 Å². The molecule has 0 rings (SSSR count). The van der Waals surface area contributed by atoms with E-state index in [9.17, 15) is 9.59 Å². The van der Waals surface area contributed by atoms with Gasteiger partial charge in [0.05, 0.1) is 6.61 Å². The number of esters is 1. The van der Waals surface area contributed by atoms with Crippen molar-refractivity contribution in [1.29, 1.82) is 0 Å². The second kappa shape index (κ2) is 6.98. The summed E-state index contributed by atoms with van der Waals surface area (Å²) in [6.45, 7) is 1.36. The van der Waals surface area contributed by atoms with Crippen molar-refractivity contribution in [2.24, 2.45) is 0 Å². The molecule has 5 heteroatoms. The van der Waals surface area contributed by atoms with Crippen LogP contribution in [0.3, 0.4) is 0 Å². The number of carbonyl (C=O) groups excluding carboxylic acids is 2. The summed E-state index contributed by atoms with van der Waals surface area (Å²) < 4.78 is 13.1.